The predicted octanol–water partition coefficient (Wildman–Crippen LogP) is 5.36. The lowest BCUT2D eigenvalue weighted by molar-refractivity contribution is -0.0979. The zero-order valence-electron chi connectivity index (χ0n) is 16.2. The van der Waals surface area contributed by atoms with E-state index in [0.717, 1.165) is 44.4 Å². The summed E-state index contributed by atoms with van der Waals surface area (Å²) in [5.41, 5.74) is 2.09. The maximum absolute atomic E-state index is 13.5. The Bertz CT molecular complexity index is 731. The van der Waals surface area contributed by atoms with Crippen LogP contribution in [0.25, 0.3) is 0 Å². The van der Waals surface area contributed by atoms with E-state index in [0.29, 0.717) is 6.54 Å². The molecule has 1 saturated heterocycles. The van der Waals surface area contributed by atoms with Crippen LogP contribution in [0, 0.1) is 11.6 Å². The van der Waals surface area contributed by atoms with Gasteiger partial charge in [-0.2, -0.15) is 0 Å². The molecule has 2 atom stereocenters. The van der Waals surface area contributed by atoms with Gasteiger partial charge >= 0.3 is 0 Å². The molecule has 0 spiro atoms. The fourth-order valence-electron chi connectivity index (χ4n) is 4.15. The molecule has 1 aliphatic heterocycles. The van der Waals surface area contributed by atoms with Gasteiger partial charge in [0.2, 0.25) is 0 Å². The van der Waals surface area contributed by atoms with Crippen LogP contribution in [0.3, 0.4) is 0 Å². The van der Waals surface area contributed by atoms with Crippen molar-refractivity contribution in [2.75, 3.05) is 13.2 Å². The van der Waals surface area contributed by atoms with E-state index in [1.54, 1.807) is 24.3 Å². The number of hydrogen-bond acceptors (Lipinski definition) is 2. The molecule has 27 heavy (non-hydrogen) atoms. The third-order valence-corrected chi connectivity index (χ3v) is 5.97. The van der Waals surface area contributed by atoms with Crippen molar-refractivity contribution in [1.82, 2.24) is 5.32 Å². The molecule has 4 heteroatoms. The van der Waals surface area contributed by atoms with Gasteiger partial charge in [-0.25, -0.2) is 8.78 Å². The highest BCUT2D eigenvalue weighted by atomic mass is 19.1. The molecule has 2 aromatic rings. The molecule has 1 aliphatic rings. The average molecular weight is 373 g/mol. The van der Waals surface area contributed by atoms with Crippen molar-refractivity contribution in [2.45, 2.75) is 57.1 Å². The number of benzene rings is 2. The first kappa shape index (κ1) is 20.0. The van der Waals surface area contributed by atoms with E-state index in [-0.39, 0.29) is 22.7 Å². The van der Waals surface area contributed by atoms with Crippen LogP contribution in [0.15, 0.2) is 48.5 Å². The predicted molar refractivity (Wildman–Crippen MR) is 105 cm³/mol. The van der Waals surface area contributed by atoms with Crippen LogP contribution in [0.5, 0.6) is 0 Å². The van der Waals surface area contributed by atoms with E-state index in [1.165, 1.54) is 17.7 Å². The van der Waals surface area contributed by atoms with Crippen LogP contribution in [-0.4, -0.2) is 18.8 Å². The van der Waals surface area contributed by atoms with E-state index < -0.39 is 0 Å². The van der Waals surface area contributed by atoms with Crippen molar-refractivity contribution in [3.05, 3.63) is 71.3 Å². The largest absolute Gasteiger partial charge is 0.375 e. The van der Waals surface area contributed by atoms with Gasteiger partial charge in [0.25, 0.3) is 0 Å². The topological polar surface area (TPSA) is 21.3 Å². The Morgan fingerprint density at radius 2 is 1.63 bits per heavy atom. The Morgan fingerprint density at radius 3 is 2.26 bits per heavy atom. The summed E-state index contributed by atoms with van der Waals surface area (Å²) in [4.78, 5) is 0. The summed E-state index contributed by atoms with van der Waals surface area (Å²) >= 11 is 0. The van der Waals surface area contributed by atoms with Gasteiger partial charge in [0.15, 0.2) is 0 Å². The summed E-state index contributed by atoms with van der Waals surface area (Å²) < 4.78 is 32.6. The first-order valence-corrected chi connectivity index (χ1v) is 9.80. The SMILES string of the molecule is CC[C@@]1(C)C[C@@](CCNCc2ccc(F)cc2)(c2ccc(F)cc2)CCO1. The van der Waals surface area contributed by atoms with Crippen LogP contribution >= 0.6 is 0 Å². The standard InChI is InChI=1S/C23H29F2NO/c1-3-22(2)17-23(13-15-27-22,19-6-10-21(25)11-7-19)12-14-26-16-18-4-8-20(24)9-5-18/h4-11,26H,3,12-17H2,1-2H3/t22-,23-/m0/s1. The summed E-state index contributed by atoms with van der Waals surface area (Å²) in [6.07, 6.45) is 3.78. The third kappa shape index (κ3) is 4.94. The number of ether oxygens (including phenoxy) is 1. The van der Waals surface area contributed by atoms with E-state index in [2.05, 4.69) is 19.2 Å². The summed E-state index contributed by atoms with van der Waals surface area (Å²) in [7, 11) is 0. The fourth-order valence-corrected chi connectivity index (χ4v) is 4.15. The van der Waals surface area contributed by atoms with Crippen LogP contribution in [-0.2, 0) is 16.7 Å². The monoisotopic (exact) mass is 373 g/mol. The molecule has 0 bridgehead atoms. The van der Waals surface area contributed by atoms with Gasteiger partial charge in [-0.3, -0.25) is 0 Å². The van der Waals surface area contributed by atoms with Gasteiger partial charge in [0, 0.05) is 18.6 Å². The smallest absolute Gasteiger partial charge is 0.123 e. The molecular formula is C23H29F2NO. The zero-order valence-corrected chi connectivity index (χ0v) is 16.2. The Labute approximate surface area is 160 Å². The van der Waals surface area contributed by atoms with Gasteiger partial charge in [-0.05, 0) is 74.5 Å². The molecule has 1 fully saturated rings. The average Bonchev–Trinajstić information content (AvgIpc) is 2.67. The van der Waals surface area contributed by atoms with Crippen LogP contribution < -0.4 is 5.32 Å². The molecule has 0 saturated carbocycles. The van der Waals surface area contributed by atoms with Gasteiger partial charge in [0.05, 0.1) is 5.60 Å². The van der Waals surface area contributed by atoms with Crippen molar-refractivity contribution < 1.29 is 13.5 Å². The van der Waals surface area contributed by atoms with E-state index in [9.17, 15) is 8.78 Å². The summed E-state index contributed by atoms with van der Waals surface area (Å²) in [5, 5.41) is 3.48. The molecule has 0 aromatic heterocycles. The molecule has 1 heterocycles. The summed E-state index contributed by atoms with van der Waals surface area (Å²) in [5.74, 6) is -0.413. The molecule has 0 unspecified atom stereocenters. The van der Waals surface area contributed by atoms with E-state index in [4.69, 9.17) is 4.74 Å². The van der Waals surface area contributed by atoms with Crippen LogP contribution in [0.4, 0.5) is 8.78 Å². The van der Waals surface area contributed by atoms with Crippen LogP contribution in [0.1, 0.15) is 50.7 Å². The highest BCUT2D eigenvalue weighted by molar-refractivity contribution is 5.28. The highest BCUT2D eigenvalue weighted by Crippen LogP contribution is 2.45. The van der Waals surface area contributed by atoms with Crippen molar-refractivity contribution >= 4 is 0 Å². The van der Waals surface area contributed by atoms with Gasteiger partial charge in [-0.15, -0.1) is 0 Å². The summed E-state index contributed by atoms with van der Waals surface area (Å²) in [6.45, 7) is 6.61. The Morgan fingerprint density at radius 1 is 1.00 bits per heavy atom. The van der Waals surface area contributed by atoms with Gasteiger partial charge in [-0.1, -0.05) is 31.2 Å². The zero-order chi connectivity index (χ0) is 19.3. The fraction of sp³-hybridized carbons (Fsp3) is 0.478. The molecule has 0 aliphatic carbocycles. The van der Waals surface area contributed by atoms with Crippen molar-refractivity contribution in [3.63, 3.8) is 0 Å². The maximum Gasteiger partial charge on any atom is 0.123 e. The highest BCUT2D eigenvalue weighted by Gasteiger charge is 2.43. The van der Waals surface area contributed by atoms with Crippen molar-refractivity contribution in [2.24, 2.45) is 0 Å². The molecule has 0 amide bonds. The van der Waals surface area contributed by atoms with Crippen molar-refractivity contribution in [1.29, 1.82) is 0 Å². The lowest BCUT2D eigenvalue weighted by Gasteiger charge is -2.47. The second kappa shape index (κ2) is 8.49. The van der Waals surface area contributed by atoms with Gasteiger partial charge < -0.3 is 10.1 Å². The minimum atomic E-state index is -0.213. The third-order valence-electron chi connectivity index (χ3n) is 5.97. The van der Waals surface area contributed by atoms with E-state index in [1.807, 2.05) is 12.1 Å². The lowest BCUT2D eigenvalue weighted by Crippen LogP contribution is -2.46. The molecule has 1 N–H and O–H groups in total. The lowest BCUT2D eigenvalue weighted by atomic mass is 9.66. The number of halogens is 2. The minimum absolute atomic E-state index is 0.0213. The Balaban J connectivity index is 1.70. The summed E-state index contributed by atoms with van der Waals surface area (Å²) in [6, 6.07) is 13.6. The number of hydrogen-bond donors (Lipinski definition) is 1. The first-order chi connectivity index (χ1) is 12.9. The molecule has 0 radical (unpaired) electrons. The molecule has 3 rings (SSSR count). The number of rotatable bonds is 7. The van der Waals surface area contributed by atoms with Crippen molar-refractivity contribution in [3.8, 4) is 0 Å². The number of nitrogens with one attached hydrogen (secondary N) is 1. The Kier molecular flexibility index (Phi) is 6.28. The Hall–Kier alpha value is -1.78. The molecule has 146 valence electrons. The quantitative estimate of drug-likeness (QED) is 0.660. The minimum Gasteiger partial charge on any atom is -0.375 e. The van der Waals surface area contributed by atoms with Crippen LogP contribution in [0.2, 0.25) is 0 Å². The maximum atomic E-state index is 13.5. The normalized spacial score (nSPS) is 25.5. The molecule has 2 aromatic carbocycles. The second-order valence-electron chi connectivity index (χ2n) is 7.92. The second-order valence-corrected chi connectivity index (χ2v) is 7.92. The van der Waals surface area contributed by atoms with Gasteiger partial charge in [0.1, 0.15) is 11.6 Å². The molecule has 2 nitrogen and oxygen atoms in total. The first-order valence-electron chi connectivity index (χ1n) is 9.80. The van der Waals surface area contributed by atoms with E-state index >= 15 is 0 Å². The molecular weight excluding hydrogens is 344 g/mol.